The number of hydrogen-bond donors (Lipinski definition) is 3. The zero-order valence-electron chi connectivity index (χ0n) is 17.3. The molecule has 8 nitrogen and oxygen atoms in total. The Morgan fingerprint density at radius 3 is 2.45 bits per heavy atom. The summed E-state index contributed by atoms with van der Waals surface area (Å²) in [4.78, 5) is 29.0. The highest BCUT2D eigenvalue weighted by molar-refractivity contribution is 7.98. The maximum absolute atomic E-state index is 12.8. The van der Waals surface area contributed by atoms with Gasteiger partial charge in [-0.3, -0.25) is 4.79 Å². The van der Waals surface area contributed by atoms with Crippen LogP contribution in [0.15, 0.2) is 52.1 Å². The number of aryl methyl sites for hydroxylation is 2. The van der Waals surface area contributed by atoms with Gasteiger partial charge in [0.25, 0.3) is 5.91 Å². The van der Waals surface area contributed by atoms with E-state index in [2.05, 4.69) is 26.1 Å². The quantitative estimate of drug-likeness (QED) is 0.469. The van der Waals surface area contributed by atoms with Gasteiger partial charge in [-0.2, -0.15) is 0 Å². The van der Waals surface area contributed by atoms with Gasteiger partial charge in [0.2, 0.25) is 0 Å². The highest BCUT2D eigenvalue weighted by atomic mass is 32.2. The monoisotopic (exact) mass is 437 g/mol. The Morgan fingerprint density at radius 2 is 1.81 bits per heavy atom. The van der Waals surface area contributed by atoms with Crippen molar-refractivity contribution in [3.8, 4) is 0 Å². The molecule has 0 saturated heterocycles. The third kappa shape index (κ3) is 5.43. The van der Waals surface area contributed by atoms with Crippen molar-refractivity contribution in [2.45, 2.75) is 43.5 Å². The first-order chi connectivity index (χ1) is 15.0. The van der Waals surface area contributed by atoms with E-state index in [0.717, 1.165) is 29.9 Å². The fourth-order valence-corrected chi connectivity index (χ4v) is 4.09. The SMILES string of the molecule is Cc1noc(C)c1CSc1ncccc1C(=O)Nc1ccc(NC(=O)NC2CC2)cc1. The summed E-state index contributed by atoms with van der Waals surface area (Å²) in [7, 11) is 0. The summed E-state index contributed by atoms with van der Waals surface area (Å²) >= 11 is 1.46. The van der Waals surface area contributed by atoms with Gasteiger partial charge in [0.1, 0.15) is 10.8 Å². The number of pyridine rings is 1. The predicted octanol–water partition coefficient (Wildman–Crippen LogP) is 4.51. The Balaban J connectivity index is 1.38. The fraction of sp³-hybridized carbons (Fsp3) is 0.273. The van der Waals surface area contributed by atoms with E-state index in [1.165, 1.54) is 11.8 Å². The molecule has 31 heavy (non-hydrogen) atoms. The second kappa shape index (κ2) is 9.22. The molecule has 3 N–H and O–H groups in total. The van der Waals surface area contributed by atoms with Gasteiger partial charge in [0.05, 0.1) is 11.3 Å². The number of amides is 3. The van der Waals surface area contributed by atoms with Crippen LogP contribution in [0.1, 0.15) is 40.2 Å². The van der Waals surface area contributed by atoms with Crippen molar-refractivity contribution >= 4 is 35.1 Å². The van der Waals surface area contributed by atoms with E-state index < -0.39 is 0 Å². The van der Waals surface area contributed by atoms with Crippen LogP contribution < -0.4 is 16.0 Å². The van der Waals surface area contributed by atoms with Gasteiger partial charge in [-0.05, 0) is 63.1 Å². The molecule has 2 aromatic heterocycles. The topological polar surface area (TPSA) is 109 Å². The summed E-state index contributed by atoms with van der Waals surface area (Å²) in [6, 6.07) is 10.6. The summed E-state index contributed by atoms with van der Waals surface area (Å²) < 4.78 is 5.20. The second-order valence-electron chi connectivity index (χ2n) is 7.35. The van der Waals surface area contributed by atoms with E-state index >= 15 is 0 Å². The molecule has 1 aliphatic rings. The molecule has 0 radical (unpaired) electrons. The van der Waals surface area contributed by atoms with Gasteiger partial charge in [0.15, 0.2) is 0 Å². The molecule has 1 fully saturated rings. The van der Waals surface area contributed by atoms with Crippen LogP contribution >= 0.6 is 11.8 Å². The van der Waals surface area contributed by atoms with E-state index in [1.54, 1.807) is 42.6 Å². The number of thioether (sulfide) groups is 1. The summed E-state index contributed by atoms with van der Waals surface area (Å²) in [5.74, 6) is 1.13. The van der Waals surface area contributed by atoms with Crippen molar-refractivity contribution in [3.63, 3.8) is 0 Å². The number of urea groups is 1. The third-order valence-corrected chi connectivity index (χ3v) is 5.90. The standard InChI is InChI=1S/C22H23N5O3S/c1-13-19(14(2)30-27-13)12-31-21-18(4-3-11-23-21)20(28)24-15-5-7-16(8-6-15)25-22(29)26-17-9-10-17/h3-8,11,17H,9-10,12H2,1-2H3,(H,24,28)(H2,25,26,29). The molecule has 1 saturated carbocycles. The molecule has 0 bridgehead atoms. The predicted molar refractivity (Wildman–Crippen MR) is 119 cm³/mol. The number of nitrogens with one attached hydrogen (secondary N) is 3. The van der Waals surface area contributed by atoms with E-state index in [4.69, 9.17) is 4.52 Å². The van der Waals surface area contributed by atoms with Crippen LogP contribution in [0.4, 0.5) is 16.2 Å². The molecule has 0 aliphatic heterocycles. The molecule has 9 heteroatoms. The lowest BCUT2D eigenvalue weighted by molar-refractivity contribution is 0.102. The highest BCUT2D eigenvalue weighted by Crippen LogP contribution is 2.28. The van der Waals surface area contributed by atoms with Gasteiger partial charge < -0.3 is 20.5 Å². The minimum absolute atomic E-state index is 0.213. The van der Waals surface area contributed by atoms with Crippen LogP contribution in [0.3, 0.4) is 0 Å². The minimum atomic E-state index is -0.249. The molecule has 3 aromatic rings. The lowest BCUT2D eigenvalue weighted by Gasteiger charge is -2.10. The van der Waals surface area contributed by atoms with Crippen LogP contribution in [0, 0.1) is 13.8 Å². The zero-order chi connectivity index (χ0) is 21.8. The van der Waals surface area contributed by atoms with Crippen LogP contribution in [0.2, 0.25) is 0 Å². The number of aromatic nitrogens is 2. The number of anilines is 2. The molecule has 4 rings (SSSR count). The Labute approximate surface area is 184 Å². The number of nitrogens with zero attached hydrogens (tertiary/aromatic N) is 2. The Bertz CT molecular complexity index is 1070. The summed E-state index contributed by atoms with van der Waals surface area (Å²) in [5.41, 5.74) is 3.63. The van der Waals surface area contributed by atoms with Gasteiger partial charge in [0, 0.05) is 34.9 Å². The first-order valence-corrected chi connectivity index (χ1v) is 11.0. The summed E-state index contributed by atoms with van der Waals surface area (Å²) in [6.45, 7) is 3.77. The van der Waals surface area contributed by atoms with Crippen LogP contribution in [0.5, 0.6) is 0 Å². The fourth-order valence-electron chi connectivity index (χ4n) is 2.94. The minimum Gasteiger partial charge on any atom is -0.361 e. The highest BCUT2D eigenvalue weighted by Gasteiger charge is 2.23. The van der Waals surface area contributed by atoms with Crippen LogP contribution in [0.25, 0.3) is 0 Å². The number of carbonyl (C=O) groups excluding carboxylic acids is 2. The molecule has 1 aromatic carbocycles. The normalized spacial score (nSPS) is 13.0. The number of hydrogen-bond acceptors (Lipinski definition) is 6. The van der Waals surface area contributed by atoms with Gasteiger partial charge in [-0.15, -0.1) is 11.8 Å². The number of benzene rings is 1. The molecule has 0 atom stereocenters. The van der Waals surface area contributed by atoms with Crippen molar-refractivity contribution in [2.75, 3.05) is 10.6 Å². The molecule has 0 spiro atoms. The Kier molecular flexibility index (Phi) is 6.22. The van der Waals surface area contributed by atoms with Crippen molar-refractivity contribution in [1.82, 2.24) is 15.5 Å². The van der Waals surface area contributed by atoms with E-state index in [0.29, 0.717) is 33.8 Å². The average Bonchev–Trinajstić information content (AvgIpc) is 3.51. The molecule has 0 unspecified atom stereocenters. The van der Waals surface area contributed by atoms with E-state index in [-0.39, 0.29) is 11.9 Å². The van der Waals surface area contributed by atoms with Gasteiger partial charge in [-0.1, -0.05) is 5.16 Å². The number of carbonyl (C=O) groups is 2. The number of rotatable bonds is 7. The van der Waals surface area contributed by atoms with Crippen LogP contribution in [-0.2, 0) is 5.75 Å². The van der Waals surface area contributed by atoms with E-state index in [1.807, 2.05) is 13.8 Å². The summed E-state index contributed by atoms with van der Waals surface area (Å²) in [5, 5.41) is 13.1. The smallest absolute Gasteiger partial charge is 0.319 e. The van der Waals surface area contributed by atoms with Crippen molar-refractivity contribution < 1.29 is 14.1 Å². The molecular weight excluding hydrogens is 414 g/mol. The van der Waals surface area contributed by atoms with Crippen molar-refractivity contribution in [3.05, 3.63) is 65.2 Å². The van der Waals surface area contributed by atoms with Crippen molar-refractivity contribution in [1.29, 1.82) is 0 Å². The van der Waals surface area contributed by atoms with Gasteiger partial charge in [-0.25, -0.2) is 9.78 Å². The van der Waals surface area contributed by atoms with Gasteiger partial charge >= 0.3 is 6.03 Å². The first-order valence-electron chi connectivity index (χ1n) is 9.98. The molecular formula is C22H23N5O3S. The average molecular weight is 438 g/mol. The Morgan fingerprint density at radius 1 is 1.10 bits per heavy atom. The maximum Gasteiger partial charge on any atom is 0.319 e. The Hall–Kier alpha value is -3.33. The lowest BCUT2D eigenvalue weighted by Crippen LogP contribution is -2.30. The molecule has 160 valence electrons. The molecule has 1 aliphatic carbocycles. The zero-order valence-corrected chi connectivity index (χ0v) is 18.1. The largest absolute Gasteiger partial charge is 0.361 e. The third-order valence-electron chi connectivity index (χ3n) is 4.86. The van der Waals surface area contributed by atoms with Crippen LogP contribution in [-0.4, -0.2) is 28.1 Å². The van der Waals surface area contributed by atoms with E-state index in [9.17, 15) is 9.59 Å². The first kappa shape index (κ1) is 20.9. The lowest BCUT2D eigenvalue weighted by atomic mass is 10.2. The second-order valence-corrected chi connectivity index (χ2v) is 8.32. The summed E-state index contributed by atoms with van der Waals surface area (Å²) in [6.07, 6.45) is 3.73. The maximum atomic E-state index is 12.8. The van der Waals surface area contributed by atoms with Crippen molar-refractivity contribution in [2.24, 2.45) is 0 Å². The molecule has 3 amide bonds. The molecule has 2 heterocycles.